The van der Waals surface area contributed by atoms with Gasteiger partial charge in [-0.05, 0) is 44.0 Å². The minimum Gasteiger partial charge on any atom is -0.483 e. The molecule has 5 nitrogen and oxygen atoms in total. The molecular formula is C19H20F2N2O3. The summed E-state index contributed by atoms with van der Waals surface area (Å²) in [6.45, 7) is 2.66. The van der Waals surface area contributed by atoms with Crippen LogP contribution in [0.2, 0.25) is 0 Å². The van der Waals surface area contributed by atoms with Gasteiger partial charge in [-0.15, -0.1) is 0 Å². The van der Waals surface area contributed by atoms with Crippen LogP contribution in [-0.4, -0.2) is 25.3 Å². The standard InChI is InChI=1S/C19H20F2N2O3/c1-12-8-13(2)18(14(3)9-12)25-11-17(24)23-22-10-15-6-4-5-7-16(15)26-19(20)21/h4-10,19H,11H2,1-3H3,(H,23,24)/b22-10-. The van der Waals surface area contributed by atoms with Gasteiger partial charge in [-0.1, -0.05) is 29.8 Å². The van der Waals surface area contributed by atoms with E-state index in [1.54, 1.807) is 18.2 Å². The van der Waals surface area contributed by atoms with E-state index in [1.807, 2.05) is 32.9 Å². The SMILES string of the molecule is Cc1cc(C)c(OCC(=O)N/N=C\c2ccccc2OC(F)F)c(C)c1. The number of hydrazone groups is 1. The van der Waals surface area contributed by atoms with Crippen LogP contribution >= 0.6 is 0 Å². The molecule has 0 atom stereocenters. The highest BCUT2D eigenvalue weighted by atomic mass is 19.3. The normalized spacial score (nSPS) is 11.0. The Morgan fingerprint density at radius 3 is 2.50 bits per heavy atom. The number of carbonyl (C=O) groups is 1. The summed E-state index contributed by atoms with van der Waals surface area (Å²) in [5, 5.41) is 3.75. The van der Waals surface area contributed by atoms with Crippen LogP contribution in [0.1, 0.15) is 22.3 Å². The van der Waals surface area contributed by atoms with Gasteiger partial charge < -0.3 is 9.47 Å². The van der Waals surface area contributed by atoms with E-state index >= 15 is 0 Å². The molecule has 2 aromatic rings. The Morgan fingerprint density at radius 1 is 1.19 bits per heavy atom. The molecule has 0 heterocycles. The number of para-hydroxylation sites is 1. The molecule has 0 spiro atoms. The molecule has 1 N–H and O–H groups in total. The zero-order valence-electron chi connectivity index (χ0n) is 14.8. The molecule has 7 heteroatoms. The maximum absolute atomic E-state index is 12.3. The quantitative estimate of drug-likeness (QED) is 0.603. The zero-order valence-corrected chi connectivity index (χ0v) is 14.8. The summed E-state index contributed by atoms with van der Waals surface area (Å²) in [7, 11) is 0. The van der Waals surface area contributed by atoms with Crippen LogP contribution in [0.5, 0.6) is 11.5 Å². The lowest BCUT2D eigenvalue weighted by molar-refractivity contribution is -0.123. The molecule has 2 rings (SSSR count). The first-order valence-electron chi connectivity index (χ1n) is 7.93. The van der Waals surface area contributed by atoms with E-state index in [9.17, 15) is 13.6 Å². The van der Waals surface area contributed by atoms with Gasteiger partial charge in [0.2, 0.25) is 0 Å². The Balaban J connectivity index is 1.93. The van der Waals surface area contributed by atoms with Crippen molar-refractivity contribution in [3.05, 3.63) is 58.7 Å². The third-order valence-electron chi connectivity index (χ3n) is 3.48. The molecule has 0 fully saturated rings. The fraction of sp³-hybridized carbons (Fsp3) is 0.263. The summed E-state index contributed by atoms with van der Waals surface area (Å²) in [6, 6.07) is 10.1. The minimum atomic E-state index is -2.94. The predicted octanol–water partition coefficient (Wildman–Crippen LogP) is 3.74. The molecule has 0 unspecified atom stereocenters. The number of carbonyl (C=O) groups excluding carboxylic acids is 1. The summed E-state index contributed by atoms with van der Waals surface area (Å²) in [5.41, 5.74) is 5.61. The molecule has 0 aliphatic carbocycles. The Morgan fingerprint density at radius 2 is 1.85 bits per heavy atom. The van der Waals surface area contributed by atoms with Crippen molar-refractivity contribution in [3.63, 3.8) is 0 Å². The van der Waals surface area contributed by atoms with Gasteiger partial charge in [0.1, 0.15) is 11.5 Å². The Kier molecular flexibility index (Phi) is 6.66. The zero-order chi connectivity index (χ0) is 19.1. The number of nitrogens with zero attached hydrogens (tertiary/aromatic N) is 1. The van der Waals surface area contributed by atoms with Crippen LogP contribution in [-0.2, 0) is 4.79 Å². The van der Waals surface area contributed by atoms with Crippen LogP contribution in [0.4, 0.5) is 8.78 Å². The van der Waals surface area contributed by atoms with E-state index in [0.717, 1.165) is 16.7 Å². The van der Waals surface area contributed by atoms with E-state index in [0.29, 0.717) is 11.3 Å². The van der Waals surface area contributed by atoms with Crippen LogP contribution < -0.4 is 14.9 Å². The van der Waals surface area contributed by atoms with Gasteiger partial charge in [0, 0.05) is 5.56 Å². The first kappa shape index (κ1) is 19.4. The van der Waals surface area contributed by atoms with Crippen LogP contribution in [0.25, 0.3) is 0 Å². The van der Waals surface area contributed by atoms with E-state index in [-0.39, 0.29) is 12.4 Å². The predicted molar refractivity (Wildman–Crippen MR) is 95.0 cm³/mol. The lowest BCUT2D eigenvalue weighted by atomic mass is 10.1. The maximum Gasteiger partial charge on any atom is 0.387 e. The van der Waals surface area contributed by atoms with Crippen LogP contribution in [0.15, 0.2) is 41.5 Å². The number of nitrogens with one attached hydrogen (secondary N) is 1. The largest absolute Gasteiger partial charge is 0.483 e. The maximum atomic E-state index is 12.3. The first-order chi connectivity index (χ1) is 12.4. The number of amides is 1. The number of rotatable bonds is 7. The molecule has 0 saturated heterocycles. The smallest absolute Gasteiger partial charge is 0.387 e. The second kappa shape index (κ2) is 8.94. The molecule has 0 bridgehead atoms. The van der Waals surface area contributed by atoms with Gasteiger partial charge in [-0.2, -0.15) is 13.9 Å². The topological polar surface area (TPSA) is 59.9 Å². The molecule has 0 radical (unpaired) electrons. The average Bonchev–Trinajstić information content (AvgIpc) is 2.55. The average molecular weight is 362 g/mol. The van der Waals surface area contributed by atoms with Crippen molar-refractivity contribution in [2.45, 2.75) is 27.4 Å². The minimum absolute atomic E-state index is 0.0253. The lowest BCUT2D eigenvalue weighted by Gasteiger charge is -2.12. The molecule has 0 aliphatic heterocycles. The van der Waals surface area contributed by atoms with Gasteiger partial charge in [0.25, 0.3) is 5.91 Å². The van der Waals surface area contributed by atoms with E-state index in [2.05, 4.69) is 15.3 Å². The molecule has 0 saturated carbocycles. The summed E-state index contributed by atoms with van der Waals surface area (Å²) >= 11 is 0. The van der Waals surface area contributed by atoms with Crippen molar-refractivity contribution in [1.29, 1.82) is 0 Å². The Hall–Kier alpha value is -2.96. The number of halogens is 2. The van der Waals surface area contributed by atoms with Gasteiger partial charge in [0.05, 0.1) is 6.21 Å². The fourth-order valence-corrected chi connectivity index (χ4v) is 2.53. The molecule has 0 aliphatic rings. The van der Waals surface area contributed by atoms with Gasteiger partial charge in [-0.3, -0.25) is 4.79 Å². The monoisotopic (exact) mass is 362 g/mol. The fourth-order valence-electron chi connectivity index (χ4n) is 2.53. The number of alkyl halides is 2. The molecular weight excluding hydrogens is 342 g/mol. The van der Waals surface area contributed by atoms with Gasteiger partial charge in [-0.25, -0.2) is 5.43 Å². The second-order valence-corrected chi connectivity index (χ2v) is 5.73. The van der Waals surface area contributed by atoms with E-state index in [4.69, 9.17) is 4.74 Å². The summed E-state index contributed by atoms with van der Waals surface area (Å²) < 4.78 is 34.6. The first-order valence-corrected chi connectivity index (χ1v) is 7.93. The van der Waals surface area contributed by atoms with E-state index < -0.39 is 12.5 Å². The molecule has 1 amide bonds. The van der Waals surface area contributed by atoms with Crippen molar-refractivity contribution >= 4 is 12.1 Å². The lowest BCUT2D eigenvalue weighted by Crippen LogP contribution is -2.25. The highest BCUT2D eigenvalue weighted by Gasteiger charge is 2.09. The molecule has 26 heavy (non-hydrogen) atoms. The number of aryl methyl sites for hydroxylation is 3. The van der Waals surface area contributed by atoms with Gasteiger partial charge in [0.15, 0.2) is 6.61 Å². The Bertz CT molecular complexity index is 784. The second-order valence-electron chi connectivity index (χ2n) is 5.73. The highest BCUT2D eigenvalue weighted by Crippen LogP contribution is 2.24. The van der Waals surface area contributed by atoms with Crippen molar-refractivity contribution in [2.75, 3.05) is 6.61 Å². The summed E-state index contributed by atoms with van der Waals surface area (Å²) in [6.07, 6.45) is 1.23. The van der Waals surface area contributed by atoms with Crippen molar-refractivity contribution in [2.24, 2.45) is 5.10 Å². The van der Waals surface area contributed by atoms with Crippen LogP contribution in [0, 0.1) is 20.8 Å². The number of ether oxygens (including phenoxy) is 2. The number of hydrogen-bond acceptors (Lipinski definition) is 4. The highest BCUT2D eigenvalue weighted by molar-refractivity contribution is 5.85. The Labute approximate surface area is 150 Å². The van der Waals surface area contributed by atoms with E-state index in [1.165, 1.54) is 12.3 Å². The molecule has 2 aromatic carbocycles. The van der Waals surface area contributed by atoms with Gasteiger partial charge >= 0.3 is 6.61 Å². The molecule has 0 aromatic heterocycles. The van der Waals surface area contributed by atoms with Crippen molar-refractivity contribution in [1.82, 2.24) is 5.43 Å². The number of benzene rings is 2. The molecule has 138 valence electrons. The third kappa shape index (κ3) is 5.54. The third-order valence-corrected chi connectivity index (χ3v) is 3.48. The van der Waals surface area contributed by atoms with Crippen molar-refractivity contribution < 1.29 is 23.0 Å². The number of hydrogen-bond donors (Lipinski definition) is 1. The summed E-state index contributed by atoms with van der Waals surface area (Å²) in [5.74, 6) is 0.168. The summed E-state index contributed by atoms with van der Waals surface area (Å²) in [4.78, 5) is 11.9. The van der Waals surface area contributed by atoms with Crippen LogP contribution in [0.3, 0.4) is 0 Å². The van der Waals surface area contributed by atoms with Crippen molar-refractivity contribution in [3.8, 4) is 11.5 Å².